The van der Waals surface area contributed by atoms with Gasteiger partial charge in [0.15, 0.2) is 0 Å². The van der Waals surface area contributed by atoms with Crippen molar-refractivity contribution in [2.45, 2.75) is 25.1 Å². The zero-order valence-corrected chi connectivity index (χ0v) is 15.6. The van der Waals surface area contributed by atoms with E-state index in [1.54, 1.807) is 13.2 Å². The number of pyridine rings is 1. The summed E-state index contributed by atoms with van der Waals surface area (Å²) in [5.41, 5.74) is 1.50. The second-order valence-electron chi connectivity index (χ2n) is 6.93. The highest BCUT2D eigenvalue weighted by molar-refractivity contribution is 7.88. The molecule has 0 bridgehead atoms. The van der Waals surface area contributed by atoms with Crippen LogP contribution in [-0.4, -0.2) is 40.9 Å². The number of aromatic nitrogens is 3. The van der Waals surface area contributed by atoms with Crippen LogP contribution in [0.5, 0.6) is 0 Å². The summed E-state index contributed by atoms with van der Waals surface area (Å²) in [5, 5.41) is 0.961. The third-order valence-electron chi connectivity index (χ3n) is 5.08. The number of fused-ring (bicyclic) bond motifs is 2. The third-order valence-corrected chi connectivity index (χ3v) is 6.85. The summed E-state index contributed by atoms with van der Waals surface area (Å²) in [6, 6.07) is 9.50. The van der Waals surface area contributed by atoms with Crippen molar-refractivity contribution in [1.82, 2.24) is 18.8 Å². The van der Waals surface area contributed by atoms with Crippen LogP contribution in [0.4, 0.5) is 0 Å². The van der Waals surface area contributed by atoms with Crippen LogP contribution in [-0.2, 0) is 28.7 Å². The van der Waals surface area contributed by atoms with Crippen molar-refractivity contribution in [3.8, 4) is 0 Å². The molecule has 0 saturated carbocycles. The van der Waals surface area contributed by atoms with Crippen LogP contribution < -0.4 is 0 Å². The van der Waals surface area contributed by atoms with Gasteiger partial charge in [0.1, 0.15) is 5.82 Å². The molecule has 1 aliphatic rings. The second kappa shape index (κ2) is 6.81. The Balaban J connectivity index is 1.49. The number of imidazole rings is 1. The van der Waals surface area contributed by atoms with E-state index in [1.807, 2.05) is 42.7 Å². The summed E-state index contributed by atoms with van der Waals surface area (Å²) < 4.78 is 29.4. The summed E-state index contributed by atoms with van der Waals surface area (Å²) in [7, 11) is -1.72. The van der Waals surface area contributed by atoms with Gasteiger partial charge in [0, 0.05) is 50.5 Å². The zero-order valence-electron chi connectivity index (χ0n) is 14.7. The summed E-state index contributed by atoms with van der Waals surface area (Å²) in [4.78, 5) is 8.69. The fourth-order valence-electron chi connectivity index (χ4n) is 3.65. The maximum Gasteiger partial charge on any atom is 0.218 e. The third kappa shape index (κ3) is 3.37. The first-order valence-corrected chi connectivity index (χ1v) is 10.4. The van der Waals surface area contributed by atoms with E-state index in [-0.39, 0.29) is 5.75 Å². The molecule has 0 aliphatic carbocycles. The average molecular weight is 370 g/mol. The maximum absolute atomic E-state index is 12.9. The Hall–Kier alpha value is -2.25. The van der Waals surface area contributed by atoms with E-state index in [9.17, 15) is 8.42 Å². The van der Waals surface area contributed by atoms with Crippen LogP contribution in [0.2, 0.25) is 0 Å². The molecule has 6 nitrogen and oxygen atoms in total. The Labute approximate surface area is 153 Å². The fourth-order valence-corrected chi connectivity index (χ4v) is 4.94. The van der Waals surface area contributed by atoms with E-state index in [0.29, 0.717) is 12.5 Å². The normalized spacial score (nSPS) is 17.5. The molecule has 0 spiro atoms. The van der Waals surface area contributed by atoms with Crippen LogP contribution in [0.3, 0.4) is 0 Å². The highest BCUT2D eigenvalue weighted by Gasteiger charge is 2.26. The van der Waals surface area contributed by atoms with Crippen molar-refractivity contribution in [1.29, 1.82) is 0 Å². The van der Waals surface area contributed by atoms with E-state index < -0.39 is 10.0 Å². The quantitative estimate of drug-likeness (QED) is 0.692. The van der Waals surface area contributed by atoms with Gasteiger partial charge in [-0.25, -0.2) is 17.7 Å². The molecule has 3 aromatic rings. The number of benzene rings is 1. The highest BCUT2D eigenvalue weighted by Crippen LogP contribution is 2.23. The summed E-state index contributed by atoms with van der Waals surface area (Å²) in [6.07, 6.45) is 7.35. The molecule has 1 atom stereocenters. The molecule has 1 aliphatic heterocycles. The lowest BCUT2D eigenvalue weighted by Crippen LogP contribution is -2.36. The molecule has 2 aromatic heterocycles. The smallest absolute Gasteiger partial charge is 0.218 e. The Kier molecular flexibility index (Phi) is 4.50. The molecule has 0 N–H and O–H groups in total. The van der Waals surface area contributed by atoms with Crippen LogP contribution >= 0.6 is 0 Å². The minimum Gasteiger partial charge on any atom is -0.335 e. The number of nitrogens with zero attached hydrogens (tertiary/aromatic N) is 4. The highest BCUT2D eigenvalue weighted by atomic mass is 32.2. The molecule has 7 heteroatoms. The SMILES string of the molecule is CN(CC1CCc2nccn2C1)S(=O)(=O)Cc1cccc2cccnc12. The van der Waals surface area contributed by atoms with Gasteiger partial charge >= 0.3 is 0 Å². The molecule has 26 heavy (non-hydrogen) atoms. The predicted molar refractivity (Wildman–Crippen MR) is 101 cm³/mol. The van der Waals surface area contributed by atoms with E-state index in [0.717, 1.165) is 41.7 Å². The van der Waals surface area contributed by atoms with E-state index in [1.165, 1.54) is 4.31 Å². The van der Waals surface area contributed by atoms with Crippen molar-refractivity contribution in [3.05, 3.63) is 60.3 Å². The Morgan fingerprint density at radius 1 is 1.19 bits per heavy atom. The lowest BCUT2D eigenvalue weighted by atomic mass is 10.00. The van der Waals surface area contributed by atoms with Crippen molar-refractivity contribution in [2.75, 3.05) is 13.6 Å². The molecule has 0 saturated heterocycles. The van der Waals surface area contributed by atoms with Crippen LogP contribution in [0.25, 0.3) is 10.9 Å². The number of sulfonamides is 1. The lowest BCUT2D eigenvalue weighted by molar-refractivity contribution is 0.303. The molecule has 3 heterocycles. The van der Waals surface area contributed by atoms with Gasteiger partial charge in [-0.2, -0.15) is 0 Å². The van der Waals surface area contributed by atoms with Crippen molar-refractivity contribution >= 4 is 20.9 Å². The molecule has 0 radical (unpaired) electrons. The number of aryl methyl sites for hydroxylation is 1. The first kappa shape index (κ1) is 17.2. The summed E-state index contributed by atoms with van der Waals surface area (Å²) in [6.45, 7) is 1.35. The zero-order chi connectivity index (χ0) is 18.1. The standard InChI is InChI=1S/C19H22N4O2S/c1-22(12-15-7-8-18-20-10-11-23(18)13-15)26(24,25)14-17-5-2-4-16-6-3-9-21-19(16)17/h2-6,9-11,15H,7-8,12-14H2,1H3. The van der Waals surface area contributed by atoms with E-state index >= 15 is 0 Å². The van der Waals surface area contributed by atoms with Gasteiger partial charge in [0.25, 0.3) is 0 Å². The van der Waals surface area contributed by atoms with Gasteiger partial charge in [0.2, 0.25) is 10.0 Å². The molecule has 4 rings (SSSR count). The largest absolute Gasteiger partial charge is 0.335 e. The molecule has 0 fully saturated rings. The maximum atomic E-state index is 12.9. The Morgan fingerprint density at radius 2 is 2.04 bits per heavy atom. The molecule has 0 amide bonds. The number of rotatable bonds is 5. The number of para-hydroxylation sites is 1. The first-order valence-electron chi connectivity index (χ1n) is 8.79. The van der Waals surface area contributed by atoms with E-state index in [2.05, 4.69) is 14.5 Å². The van der Waals surface area contributed by atoms with Crippen molar-refractivity contribution in [3.63, 3.8) is 0 Å². The second-order valence-corrected chi connectivity index (χ2v) is 9.01. The molecule has 1 aromatic carbocycles. The summed E-state index contributed by atoms with van der Waals surface area (Å²) in [5.74, 6) is 1.37. The fraction of sp³-hybridized carbons (Fsp3) is 0.368. The van der Waals surface area contributed by atoms with E-state index in [4.69, 9.17) is 0 Å². The number of hydrogen-bond donors (Lipinski definition) is 0. The first-order chi connectivity index (χ1) is 12.5. The van der Waals surface area contributed by atoms with Crippen molar-refractivity contribution < 1.29 is 8.42 Å². The van der Waals surface area contributed by atoms with Gasteiger partial charge < -0.3 is 4.57 Å². The monoisotopic (exact) mass is 370 g/mol. The molecular weight excluding hydrogens is 348 g/mol. The summed E-state index contributed by atoms with van der Waals surface area (Å²) >= 11 is 0. The molecular formula is C19H22N4O2S. The topological polar surface area (TPSA) is 68.1 Å². The van der Waals surface area contributed by atoms with Gasteiger partial charge in [-0.1, -0.05) is 24.3 Å². The minimum absolute atomic E-state index is 0.0269. The van der Waals surface area contributed by atoms with Crippen molar-refractivity contribution in [2.24, 2.45) is 5.92 Å². The van der Waals surface area contributed by atoms with Gasteiger partial charge in [0.05, 0.1) is 11.3 Å². The van der Waals surface area contributed by atoms with Crippen LogP contribution in [0.15, 0.2) is 48.9 Å². The number of hydrogen-bond acceptors (Lipinski definition) is 4. The minimum atomic E-state index is -3.40. The van der Waals surface area contributed by atoms with Gasteiger partial charge in [-0.15, -0.1) is 0 Å². The lowest BCUT2D eigenvalue weighted by Gasteiger charge is -2.27. The molecule has 136 valence electrons. The molecule has 1 unspecified atom stereocenters. The average Bonchev–Trinajstić information content (AvgIpc) is 3.09. The predicted octanol–water partition coefficient (Wildman–Crippen LogP) is 2.46. The van der Waals surface area contributed by atoms with Gasteiger partial charge in [-0.3, -0.25) is 4.98 Å². The Morgan fingerprint density at radius 3 is 2.92 bits per heavy atom. The van der Waals surface area contributed by atoms with Gasteiger partial charge in [-0.05, 0) is 24.0 Å². The Bertz CT molecular complexity index is 1020. The van der Waals surface area contributed by atoms with Crippen LogP contribution in [0.1, 0.15) is 17.8 Å². The van der Waals surface area contributed by atoms with Crippen LogP contribution in [0, 0.1) is 5.92 Å².